The topological polar surface area (TPSA) is 75.4 Å². The number of nitrogens with one attached hydrogen (secondary N) is 1. The van der Waals surface area contributed by atoms with Gasteiger partial charge in [0.2, 0.25) is 5.91 Å². The number of aryl methyl sites for hydroxylation is 2. The average Bonchev–Trinajstić information content (AvgIpc) is 2.80. The molecule has 0 saturated heterocycles. The van der Waals surface area contributed by atoms with Crippen LogP contribution >= 0.6 is 0 Å². The van der Waals surface area contributed by atoms with Crippen molar-refractivity contribution in [1.29, 1.82) is 0 Å². The molecule has 1 fully saturated rings. The number of amides is 1. The van der Waals surface area contributed by atoms with E-state index >= 15 is 0 Å². The van der Waals surface area contributed by atoms with E-state index in [1.54, 1.807) is 0 Å². The highest BCUT2D eigenvalue weighted by Gasteiger charge is 2.35. The van der Waals surface area contributed by atoms with Gasteiger partial charge in [-0.3, -0.25) is 4.79 Å². The Bertz CT molecular complexity index is 472. The molecule has 0 bridgehead atoms. The predicted octanol–water partition coefficient (Wildman–Crippen LogP) is 2.28. The number of hydrogen-bond acceptors (Lipinski definition) is 4. The lowest BCUT2D eigenvalue weighted by Crippen LogP contribution is -2.55. The molecule has 0 unspecified atom stereocenters. The fraction of sp³-hybridized carbons (Fsp3) is 0.750. The summed E-state index contributed by atoms with van der Waals surface area (Å²) in [4.78, 5) is 12.3. The standard InChI is InChI=1S/C16H26N2O3/c1-11-14(12(2)21-18-11)9-15(20)17-16(3,10-19)13-7-5-4-6-8-13/h13,19H,4-10H2,1-3H3,(H,17,20)/t16-/m0/s1. The van der Waals surface area contributed by atoms with Crippen LogP contribution in [0.2, 0.25) is 0 Å². The smallest absolute Gasteiger partial charge is 0.225 e. The second-order valence-corrected chi connectivity index (χ2v) is 6.44. The van der Waals surface area contributed by atoms with Crippen LogP contribution in [0.15, 0.2) is 4.52 Å². The van der Waals surface area contributed by atoms with Crippen LogP contribution in [-0.4, -0.2) is 28.3 Å². The van der Waals surface area contributed by atoms with Gasteiger partial charge in [-0.25, -0.2) is 0 Å². The molecular formula is C16H26N2O3. The molecule has 1 aromatic rings. The van der Waals surface area contributed by atoms with Gasteiger partial charge >= 0.3 is 0 Å². The molecule has 2 N–H and O–H groups in total. The lowest BCUT2D eigenvalue weighted by atomic mass is 9.76. The van der Waals surface area contributed by atoms with Crippen LogP contribution in [0.5, 0.6) is 0 Å². The van der Waals surface area contributed by atoms with E-state index in [2.05, 4.69) is 10.5 Å². The van der Waals surface area contributed by atoms with Crippen LogP contribution in [-0.2, 0) is 11.2 Å². The number of aromatic nitrogens is 1. The molecule has 5 heteroatoms. The maximum atomic E-state index is 12.3. The molecule has 1 aliphatic carbocycles. The summed E-state index contributed by atoms with van der Waals surface area (Å²) in [7, 11) is 0. The Morgan fingerprint density at radius 1 is 1.38 bits per heavy atom. The van der Waals surface area contributed by atoms with Crippen LogP contribution < -0.4 is 5.32 Å². The highest BCUT2D eigenvalue weighted by Crippen LogP contribution is 2.32. The Kier molecular flexibility index (Phi) is 5.04. The molecule has 5 nitrogen and oxygen atoms in total. The zero-order valence-electron chi connectivity index (χ0n) is 13.2. The van der Waals surface area contributed by atoms with Crippen LogP contribution in [0.3, 0.4) is 0 Å². The fourth-order valence-electron chi connectivity index (χ4n) is 3.29. The van der Waals surface area contributed by atoms with Crippen molar-refractivity contribution in [2.75, 3.05) is 6.61 Å². The number of hydrogen-bond donors (Lipinski definition) is 2. The molecule has 0 radical (unpaired) electrons. The van der Waals surface area contributed by atoms with Gasteiger partial charge in [0.1, 0.15) is 5.76 Å². The lowest BCUT2D eigenvalue weighted by Gasteiger charge is -2.39. The van der Waals surface area contributed by atoms with Crippen molar-refractivity contribution < 1.29 is 14.4 Å². The molecule has 0 aliphatic heterocycles. The number of nitrogens with zero attached hydrogens (tertiary/aromatic N) is 1. The Morgan fingerprint density at radius 3 is 2.57 bits per heavy atom. The van der Waals surface area contributed by atoms with E-state index in [1.165, 1.54) is 19.3 Å². The van der Waals surface area contributed by atoms with Gasteiger partial charge < -0.3 is 14.9 Å². The Morgan fingerprint density at radius 2 is 2.05 bits per heavy atom. The third-order valence-corrected chi connectivity index (χ3v) is 4.78. The maximum absolute atomic E-state index is 12.3. The number of aliphatic hydroxyl groups excluding tert-OH is 1. The van der Waals surface area contributed by atoms with Crippen molar-refractivity contribution in [1.82, 2.24) is 10.5 Å². The minimum atomic E-state index is -0.531. The highest BCUT2D eigenvalue weighted by molar-refractivity contribution is 5.79. The number of rotatable bonds is 5. The van der Waals surface area contributed by atoms with E-state index in [0.717, 1.165) is 24.1 Å². The minimum Gasteiger partial charge on any atom is -0.394 e. The first-order valence-electron chi connectivity index (χ1n) is 7.80. The summed E-state index contributed by atoms with van der Waals surface area (Å²) in [5, 5.41) is 16.7. The lowest BCUT2D eigenvalue weighted by molar-refractivity contribution is -0.123. The van der Waals surface area contributed by atoms with Gasteiger partial charge in [0.25, 0.3) is 0 Å². The monoisotopic (exact) mass is 294 g/mol. The van der Waals surface area contributed by atoms with Crippen molar-refractivity contribution in [3.8, 4) is 0 Å². The van der Waals surface area contributed by atoms with Gasteiger partial charge in [-0.2, -0.15) is 0 Å². The summed E-state index contributed by atoms with van der Waals surface area (Å²) in [5.74, 6) is 0.961. The molecule has 0 spiro atoms. The highest BCUT2D eigenvalue weighted by atomic mass is 16.5. The molecule has 1 atom stereocenters. The SMILES string of the molecule is Cc1noc(C)c1CC(=O)N[C@@](C)(CO)C1CCCCC1. The van der Waals surface area contributed by atoms with E-state index in [0.29, 0.717) is 11.7 Å². The van der Waals surface area contributed by atoms with Crippen molar-refractivity contribution in [3.63, 3.8) is 0 Å². The quantitative estimate of drug-likeness (QED) is 0.873. The van der Waals surface area contributed by atoms with Crippen molar-refractivity contribution in [2.24, 2.45) is 5.92 Å². The molecule has 1 saturated carbocycles. The van der Waals surface area contributed by atoms with Crippen molar-refractivity contribution >= 4 is 5.91 Å². The number of aliphatic hydroxyl groups is 1. The second-order valence-electron chi connectivity index (χ2n) is 6.44. The van der Waals surface area contributed by atoms with Crippen molar-refractivity contribution in [3.05, 3.63) is 17.0 Å². The summed E-state index contributed by atoms with van der Waals surface area (Å²) in [6.07, 6.45) is 6.01. The summed E-state index contributed by atoms with van der Waals surface area (Å²) in [5.41, 5.74) is 1.07. The summed E-state index contributed by atoms with van der Waals surface area (Å²) in [6, 6.07) is 0. The Balaban J connectivity index is 2.02. The van der Waals surface area contributed by atoms with Gasteiger partial charge in [0, 0.05) is 5.56 Å². The summed E-state index contributed by atoms with van der Waals surface area (Å²) in [6.45, 7) is 5.58. The molecule has 0 aromatic carbocycles. The minimum absolute atomic E-state index is 0.0228. The van der Waals surface area contributed by atoms with Crippen LogP contribution in [0.25, 0.3) is 0 Å². The summed E-state index contributed by atoms with van der Waals surface area (Å²) >= 11 is 0. The van der Waals surface area contributed by atoms with E-state index in [4.69, 9.17) is 4.52 Å². The zero-order chi connectivity index (χ0) is 15.5. The third-order valence-electron chi connectivity index (χ3n) is 4.78. The van der Waals surface area contributed by atoms with E-state index in [-0.39, 0.29) is 18.9 Å². The molecule has 118 valence electrons. The van der Waals surface area contributed by atoms with Gasteiger partial charge in [-0.05, 0) is 39.5 Å². The molecule has 1 aliphatic rings. The van der Waals surface area contributed by atoms with Crippen molar-refractivity contribution in [2.45, 2.75) is 64.8 Å². The van der Waals surface area contributed by atoms with E-state index in [9.17, 15) is 9.90 Å². The average molecular weight is 294 g/mol. The van der Waals surface area contributed by atoms with Crippen LogP contribution in [0.4, 0.5) is 0 Å². The zero-order valence-corrected chi connectivity index (χ0v) is 13.2. The van der Waals surface area contributed by atoms with E-state index < -0.39 is 5.54 Å². The largest absolute Gasteiger partial charge is 0.394 e. The number of carbonyl (C=O) groups is 1. The van der Waals surface area contributed by atoms with Gasteiger partial charge in [-0.15, -0.1) is 0 Å². The normalized spacial score (nSPS) is 19.2. The number of carbonyl (C=O) groups excluding carboxylic acids is 1. The molecule has 1 aromatic heterocycles. The van der Waals surface area contributed by atoms with Gasteiger partial charge in [-0.1, -0.05) is 24.4 Å². The predicted molar refractivity (Wildman–Crippen MR) is 79.9 cm³/mol. The van der Waals surface area contributed by atoms with Crippen LogP contribution in [0, 0.1) is 19.8 Å². The Labute approximate surface area is 126 Å². The first-order valence-corrected chi connectivity index (χ1v) is 7.80. The van der Waals surface area contributed by atoms with E-state index in [1.807, 2.05) is 20.8 Å². The first kappa shape index (κ1) is 16.0. The van der Waals surface area contributed by atoms with Gasteiger partial charge in [0.15, 0.2) is 0 Å². The molecule has 2 rings (SSSR count). The van der Waals surface area contributed by atoms with Crippen LogP contribution in [0.1, 0.15) is 56.0 Å². The Hall–Kier alpha value is -1.36. The molecule has 1 heterocycles. The molecule has 21 heavy (non-hydrogen) atoms. The summed E-state index contributed by atoms with van der Waals surface area (Å²) < 4.78 is 5.09. The second kappa shape index (κ2) is 6.60. The molecule has 1 amide bonds. The maximum Gasteiger partial charge on any atom is 0.225 e. The van der Waals surface area contributed by atoms with Gasteiger partial charge in [0.05, 0.1) is 24.3 Å². The third kappa shape index (κ3) is 3.64. The first-order chi connectivity index (χ1) is 9.96. The molecular weight excluding hydrogens is 268 g/mol. The fourth-order valence-corrected chi connectivity index (χ4v) is 3.29.